The van der Waals surface area contributed by atoms with Crippen molar-refractivity contribution >= 4 is 23.2 Å². The molecule has 1 heterocycles. The Balaban J connectivity index is 2.44. The van der Waals surface area contributed by atoms with Crippen molar-refractivity contribution < 1.29 is 30.0 Å². The molecule has 4 N–H and O–H groups in total. The monoisotopic (exact) mass is 279 g/mol. The number of nitrogens with zero attached hydrogens (tertiary/aromatic N) is 1. The fourth-order valence-electron chi connectivity index (χ4n) is 2.03. The molecule has 0 saturated carbocycles. The van der Waals surface area contributed by atoms with Crippen molar-refractivity contribution in [3.63, 3.8) is 0 Å². The van der Waals surface area contributed by atoms with E-state index in [1.165, 1.54) is 10.8 Å². The Hall–Kier alpha value is -2.22. The third-order valence-corrected chi connectivity index (χ3v) is 3.02. The number of hydrogen-bond acceptors (Lipinski definition) is 5. The Morgan fingerprint density at radius 1 is 1.35 bits per heavy atom. The van der Waals surface area contributed by atoms with E-state index in [0.717, 1.165) is 0 Å². The van der Waals surface area contributed by atoms with Gasteiger partial charge >= 0.3 is 5.97 Å². The van der Waals surface area contributed by atoms with Gasteiger partial charge in [0.15, 0.2) is 6.29 Å². The second-order valence-electron chi connectivity index (χ2n) is 4.47. The number of rotatable bonds is 5. The van der Waals surface area contributed by atoms with Gasteiger partial charge in [0.1, 0.15) is 0 Å². The van der Waals surface area contributed by atoms with Crippen LogP contribution in [0.3, 0.4) is 0 Å². The summed E-state index contributed by atoms with van der Waals surface area (Å²) in [6, 6.07) is 6.74. The van der Waals surface area contributed by atoms with Gasteiger partial charge in [0.05, 0.1) is 6.54 Å². The zero-order chi connectivity index (χ0) is 14.9. The first-order valence-electron chi connectivity index (χ1n) is 5.75. The van der Waals surface area contributed by atoms with Crippen molar-refractivity contribution in [2.75, 3.05) is 0 Å². The number of carboxylic acid groups (broad SMARTS) is 1. The lowest BCUT2D eigenvalue weighted by Crippen LogP contribution is -2.50. The van der Waals surface area contributed by atoms with Crippen molar-refractivity contribution in [2.45, 2.75) is 18.4 Å². The molecule has 1 aromatic heterocycles. The Labute approximate surface area is 113 Å². The van der Waals surface area contributed by atoms with Crippen LogP contribution >= 0.6 is 0 Å². The Bertz CT molecular complexity index is 660. The fraction of sp³-hybridized carbons (Fsp3) is 0.231. The van der Waals surface area contributed by atoms with Gasteiger partial charge in [-0.15, -0.1) is 0 Å². The largest absolute Gasteiger partial charge is 0.479 e. The van der Waals surface area contributed by atoms with Crippen LogP contribution in [0.15, 0.2) is 30.5 Å². The smallest absolute Gasteiger partial charge is 0.338 e. The molecule has 1 aromatic carbocycles. The summed E-state index contributed by atoms with van der Waals surface area (Å²) in [5.74, 6) is -4.60. The van der Waals surface area contributed by atoms with Crippen molar-refractivity contribution in [1.29, 1.82) is 0 Å². The van der Waals surface area contributed by atoms with Crippen LogP contribution in [0.4, 0.5) is 0 Å². The lowest BCUT2D eigenvalue weighted by atomic mass is 10.1. The minimum absolute atomic E-state index is 0.334. The van der Waals surface area contributed by atoms with Gasteiger partial charge in [-0.3, -0.25) is 4.79 Å². The standard InChI is InChI=1S/C13H13NO6/c15-6-8-5-14(10-4-2-1-3-9(8)10)7-13(19,20)11(16)12(17)18/h1-6,11,16,19-20H,7H2,(H,17,18). The molecule has 7 nitrogen and oxygen atoms in total. The number of carboxylic acids is 1. The van der Waals surface area contributed by atoms with Gasteiger partial charge in [-0.05, 0) is 6.07 Å². The van der Waals surface area contributed by atoms with Crippen LogP contribution < -0.4 is 0 Å². The van der Waals surface area contributed by atoms with E-state index in [2.05, 4.69) is 0 Å². The highest BCUT2D eigenvalue weighted by Gasteiger charge is 2.39. The van der Waals surface area contributed by atoms with Crippen LogP contribution in [0.1, 0.15) is 10.4 Å². The zero-order valence-corrected chi connectivity index (χ0v) is 10.3. The molecule has 0 aliphatic carbocycles. The van der Waals surface area contributed by atoms with Gasteiger partial charge in [0.2, 0.25) is 11.9 Å². The third kappa shape index (κ3) is 2.42. The molecule has 0 amide bonds. The first-order chi connectivity index (χ1) is 9.36. The van der Waals surface area contributed by atoms with E-state index < -0.39 is 24.4 Å². The number of carbonyl (C=O) groups excluding carboxylic acids is 1. The summed E-state index contributed by atoms with van der Waals surface area (Å²) in [5.41, 5.74) is 0.862. The maximum atomic E-state index is 11.0. The second kappa shape index (κ2) is 5.04. The molecule has 106 valence electrons. The average Bonchev–Trinajstić information content (AvgIpc) is 2.75. The predicted octanol–water partition coefficient (Wildman–Crippen LogP) is -0.420. The van der Waals surface area contributed by atoms with Crippen LogP contribution in [0.25, 0.3) is 10.9 Å². The lowest BCUT2D eigenvalue weighted by Gasteiger charge is -2.25. The molecule has 0 aliphatic rings. The van der Waals surface area contributed by atoms with E-state index in [1.807, 2.05) is 0 Å². The van der Waals surface area contributed by atoms with Crippen molar-refractivity contribution in [1.82, 2.24) is 4.57 Å². The number of hydrogen-bond donors (Lipinski definition) is 4. The van der Waals surface area contributed by atoms with Crippen LogP contribution in [0.5, 0.6) is 0 Å². The van der Waals surface area contributed by atoms with Gasteiger partial charge in [0, 0.05) is 22.7 Å². The Morgan fingerprint density at radius 2 is 2.00 bits per heavy atom. The highest BCUT2D eigenvalue weighted by Crippen LogP contribution is 2.22. The van der Waals surface area contributed by atoms with Crippen molar-refractivity contribution in [2.24, 2.45) is 0 Å². The predicted molar refractivity (Wildman–Crippen MR) is 68.1 cm³/mol. The molecule has 1 atom stereocenters. The number of fused-ring (bicyclic) bond motifs is 1. The number of aliphatic carboxylic acids is 1. The van der Waals surface area contributed by atoms with Crippen molar-refractivity contribution in [3.8, 4) is 0 Å². The van der Waals surface area contributed by atoms with E-state index in [-0.39, 0.29) is 0 Å². The van der Waals surface area contributed by atoms with Gasteiger partial charge in [-0.1, -0.05) is 18.2 Å². The Kier molecular flexibility index (Phi) is 3.58. The van der Waals surface area contributed by atoms with Crippen LogP contribution in [0, 0.1) is 0 Å². The van der Waals surface area contributed by atoms with E-state index >= 15 is 0 Å². The van der Waals surface area contributed by atoms with Gasteiger partial charge in [-0.2, -0.15) is 0 Å². The van der Waals surface area contributed by atoms with Crippen LogP contribution in [-0.4, -0.2) is 49.1 Å². The molecule has 1 unspecified atom stereocenters. The number of aliphatic hydroxyl groups is 3. The normalized spacial score (nSPS) is 13.3. The third-order valence-electron chi connectivity index (χ3n) is 3.02. The summed E-state index contributed by atoms with van der Waals surface area (Å²) in [6.45, 7) is -0.588. The first kappa shape index (κ1) is 14.2. The summed E-state index contributed by atoms with van der Waals surface area (Å²) >= 11 is 0. The van der Waals surface area contributed by atoms with E-state index in [1.54, 1.807) is 24.3 Å². The quantitative estimate of drug-likeness (QED) is 0.436. The average molecular weight is 279 g/mol. The molecule has 0 radical (unpaired) electrons. The van der Waals surface area contributed by atoms with Gasteiger partial charge in [-0.25, -0.2) is 4.79 Å². The minimum atomic E-state index is -2.85. The minimum Gasteiger partial charge on any atom is -0.479 e. The molecular formula is C13H13NO6. The summed E-state index contributed by atoms with van der Waals surface area (Å²) in [7, 11) is 0. The molecule has 0 saturated heterocycles. The van der Waals surface area contributed by atoms with Gasteiger partial charge in [0.25, 0.3) is 0 Å². The van der Waals surface area contributed by atoms with Crippen LogP contribution in [-0.2, 0) is 11.3 Å². The molecule has 0 spiro atoms. The number of benzene rings is 1. The number of aldehydes is 1. The SMILES string of the molecule is O=Cc1cn(CC(O)(O)C(O)C(=O)O)c2ccccc12. The summed E-state index contributed by atoms with van der Waals surface area (Å²) < 4.78 is 1.31. The van der Waals surface area contributed by atoms with Gasteiger partial charge < -0.3 is 25.0 Å². The lowest BCUT2D eigenvalue weighted by molar-refractivity contribution is -0.235. The molecule has 20 heavy (non-hydrogen) atoms. The summed E-state index contributed by atoms with van der Waals surface area (Å²) in [5, 5.41) is 37.8. The topological polar surface area (TPSA) is 120 Å². The summed E-state index contributed by atoms with van der Waals surface area (Å²) in [6.07, 6.45) is -0.376. The Morgan fingerprint density at radius 3 is 2.60 bits per heavy atom. The molecular weight excluding hydrogens is 266 g/mol. The molecule has 7 heteroatoms. The number of aliphatic hydroxyl groups excluding tert-OH is 1. The van der Waals surface area contributed by atoms with E-state index in [9.17, 15) is 24.9 Å². The molecule has 0 bridgehead atoms. The van der Waals surface area contributed by atoms with Crippen LogP contribution in [0.2, 0.25) is 0 Å². The zero-order valence-electron chi connectivity index (χ0n) is 10.3. The maximum absolute atomic E-state index is 11.0. The highest BCUT2D eigenvalue weighted by molar-refractivity contribution is 5.97. The first-order valence-corrected chi connectivity index (χ1v) is 5.75. The highest BCUT2D eigenvalue weighted by atomic mass is 16.5. The molecule has 0 fully saturated rings. The van der Waals surface area contributed by atoms with E-state index in [0.29, 0.717) is 22.8 Å². The second-order valence-corrected chi connectivity index (χ2v) is 4.47. The maximum Gasteiger partial charge on any atom is 0.338 e. The van der Waals surface area contributed by atoms with Crippen molar-refractivity contribution in [3.05, 3.63) is 36.0 Å². The number of carbonyl (C=O) groups is 2. The fourth-order valence-corrected chi connectivity index (χ4v) is 2.03. The molecule has 2 rings (SSSR count). The summed E-state index contributed by atoms with van der Waals surface area (Å²) in [4.78, 5) is 21.6. The van der Waals surface area contributed by atoms with E-state index in [4.69, 9.17) is 5.11 Å². The number of aromatic nitrogens is 1. The molecule has 0 aliphatic heterocycles. The molecule has 2 aromatic rings. The number of para-hydroxylation sites is 1.